The first-order valence-corrected chi connectivity index (χ1v) is 9.37. The summed E-state index contributed by atoms with van der Waals surface area (Å²) in [4.78, 5) is 17.8. The molecule has 0 atom stereocenters. The predicted molar refractivity (Wildman–Crippen MR) is 114 cm³/mol. The highest BCUT2D eigenvalue weighted by Gasteiger charge is 2.26. The van der Waals surface area contributed by atoms with Crippen molar-refractivity contribution in [1.29, 1.82) is 0 Å². The summed E-state index contributed by atoms with van der Waals surface area (Å²) in [6.07, 6.45) is -0.499. The van der Waals surface area contributed by atoms with Gasteiger partial charge in [0.05, 0.1) is 5.71 Å². The fourth-order valence-corrected chi connectivity index (χ4v) is 2.45. The van der Waals surface area contributed by atoms with Crippen molar-refractivity contribution < 1.29 is 14.4 Å². The van der Waals surface area contributed by atoms with Gasteiger partial charge >= 0.3 is 6.09 Å². The number of aryl methyl sites for hydroxylation is 1. The molecule has 5 nitrogen and oxygen atoms in total. The van der Waals surface area contributed by atoms with Gasteiger partial charge in [-0.25, -0.2) is 4.79 Å². The maximum atomic E-state index is 12.3. The quantitative estimate of drug-likeness (QED) is 0.508. The zero-order valence-electron chi connectivity index (χ0n) is 17.8. The minimum absolute atomic E-state index is 0.352. The molecule has 28 heavy (non-hydrogen) atoms. The molecule has 2 rings (SSSR count). The van der Waals surface area contributed by atoms with Crippen LogP contribution >= 0.6 is 0 Å². The van der Waals surface area contributed by atoms with Gasteiger partial charge in [0.25, 0.3) is 0 Å². The molecule has 1 amide bonds. The molecule has 0 bridgehead atoms. The number of nitrogens with zero attached hydrogens (tertiary/aromatic N) is 1. The van der Waals surface area contributed by atoms with E-state index in [1.165, 1.54) is 0 Å². The Kier molecular flexibility index (Phi) is 6.49. The average molecular weight is 383 g/mol. The zero-order chi connectivity index (χ0) is 20.9. The van der Waals surface area contributed by atoms with Crippen LogP contribution in [-0.2, 0) is 15.2 Å². The molecule has 0 saturated heterocycles. The number of anilines is 1. The van der Waals surface area contributed by atoms with E-state index in [0.29, 0.717) is 5.69 Å². The van der Waals surface area contributed by atoms with Gasteiger partial charge in [-0.2, -0.15) is 0 Å². The van der Waals surface area contributed by atoms with Crippen LogP contribution in [0.1, 0.15) is 58.2 Å². The van der Waals surface area contributed by atoms with Crippen molar-refractivity contribution in [3.05, 3.63) is 65.2 Å². The van der Waals surface area contributed by atoms with Gasteiger partial charge in [-0.05, 0) is 77.8 Å². The fraction of sp³-hybridized carbons (Fsp3) is 0.391. The third-order valence-corrected chi connectivity index (χ3v) is 4.08. The van der Waals surface area contributed by atoms with E-state index in [-0.39, 0.29) is 5.60 Å². The molecule has 0 aliphatic carbocycles. The van der Waals surface area contributed by atoms with Crippen LogP contribution in [0, 0.1) is 6.92 Å². The molecule has 0 aliphatic rings. The first-order chi connectivity index (χ1) is 13.0. The Hall–Kier alpha value is -2.82. The van der Waals surface area contributed by atoms with E-state index in [9.17, 15) is 4.79 Å². The van der Waals surface area contributed by atoms with E-state index in [1.807, 2.05) is 97.0 Å². The molecular formula is C23H30N2O3. The standard InChI is InChI=1S/C23H30N2O3/c1-16-11-13-20(14-12-16)24-21(26)27-23(6,7)19-10-8-9-18(15-19)17(2)25-28-22(3,4)5/h8-15H,1-7H3,(H,24,26)/b25-17+. The minimum atomic E-state index is -0.810. The zero-order valence-corrected chi connectivity index (χ0v) is 17.8. The van der Waals surface area contributed by atoms with Gasteiger partial charge in [-0.1, -0.05) is 41.1 Å². The number of hydrogen-bond acceptors (Lipinski definition) is 4. The summed E-state index contributed by atoms with van der Waals surface area (Å²) < 4.78 is 5.69. The summed E-state index contributed by atoms with van der Waals surface area (Å²) >= 11 is 0. The summed E-state index contributed by atoms with van der Waals surface area (Å²) in [6.45, 7) is 13.5. The summed E-state index contributed by atoms with van der Waals surface area (Å²) in [5.41, 5.74) is 3.21. The second kappa shape index (κ2) is 8.46. The first kappa shape index (κ1) is 21.5. The molecule has 0 heterocycles. The Morgan fingerprint density at radius 2 is 1.64 bits per heavy atom. The van der Waals surface area contributed by atoms with Crippen LogP contribution < -0.4 is 5.32 Å². The number of carbonyl (C=O) groups excluding carboxylic acids is 1. The topological polar surface area (TPSA) is 59.9 Å². The largest absolute Gasteiger partial charge is 0.438 e. The van der Waals surface area contributed by atoms with Gasteiger partial charge < -0.3 is 9.57 Å². The molecule has 2 aromatic rings. The lowest BCUT2D eigenvalue weighted by Crippen LogP contribution is -2.28. The number of oxime groups is 1. The van der Waals surface area contributed by atoms with Crippen molar-refractivity contribution in [2.24, 2.45) is 5.16 Å². The van der Waals surface area contributed by atoms with E-state index in [4.69, 9.17) is 9.57 Å². The lowest BCUT2D eigenvalue weighted by Gasteiger charge is -2.26. The van der Waals surface area contributed by atoms with Gasteiger partial charge in [0.1, 0.15) is 11.2 Å². The summed E-state index contributed by atoms with van der Waals surface area (Å²) in [5.74, 6) is 0. The Balaban J connectivity index is 2.12. The third kappa shape index (κ3) is 6.41. The highest BCUT2D eigenvalue weighted by molar-refractivity contribution is 5.98. The SMILES string of the molecule is C/C(=N\OC(C)(C)C)c1cccc(C(C)(C)OC(=O)Nc2ccc(C)cc2)c1. The van der Waals surface area contributed by atoms with Crippen molar-refractivity contribution in [3.8, 4) is 0 Å². The fourth-order valence-electron chi connectivity index (χ4n) is 2.45. The van der Waals surface area contributed by atoms with Crippen LogP contribution in [0.4, 0.5) is 10.5 Å². The van der Waals surface area contributed by atoms with Crippen LogP contribution in [0.2, 0.25) is 0 Å². The van der Waals surface area contributed by atoms with Gasteiger partial charge in [0.15, 0.2) is 0 Å². The third-order valence-electron chi connectivity index (χ3n) is 4.08. The Morgan fingerprint density at radius 1 is 1.00 bits per heavy atom. The van der Waals surface area contributed by atoms with Crippen LogP contribution in [0.25, 0.3) is 0 Å². The maximum Gasteiger partial charge on any atom is 0.412 e. The van der Waals surface area contributed by atoms with E-state index >= 15 is 0 Å². The molecule has 150 valence electrons. The smallest absolute Gasteiger partial charge is 0.412 e. The normalized spacial score (nSPS) is 12.5. The number of amides is 1. The van der Waals surface area contributed by atoms with E-state index in [0.717, 1.165) is 22.4 Å². The van der Waals surface area contributed by atoms with Crippen molar-refractivity contribution in [2.75, 3.05) is 5.32 Å². The monoisotopic (exact) mass is 382 g/mol. The Morgan fingerprint density at radius 3 is 2.25 bits per heavy atom. The van der Waals surface area contributed by atoms with Crippen LogP contribution in [0.3, 0.4) is 0 Å². The molecule has 0 aliphatic heterocycles. The van der Waals surface area contributed by atoms with Crippen LogP contribution in [0.15, 0.2) is 53.7 Å². The van der Waals surface area contributed by atoms with Gasteiger partial charge in [-0.3, -0.25) is 5.32 Å². The number of ether oxygens (including phenoxy) is 1. The second-order valence-electron chi connectivity index (χ2n) is 8.35. The van der Waals surface area contributed by atoms with Gasteiger partial charge in [-0.15, -0.1) is 0 Å². The highest BCUT2D eigenvalue weighted by atomic mass is 16.6. The number of benzene rings is 2. The van der Waals surface area contributed by atoms with Crippen molar-refractivity contribution in [1.82, 2.24) is 0 Å². The summed E-state index contributed by atoms with van der Waals surface area (Å²) in [5, 5.41) is 6.97. The highest BCUT2D eigenvalue weighted by Crippen LogP contribution is 2.26. The lowest BCUT2D eigenvalue weighted by molar-refractivity contribution is 0.000931. The molecule has 0 unspecified atom stereocenters. The van der Waals surface area contributed by atoms with Crippen LogP contribution in [-0.4, -0.2) is 17.4 Å². The molecule has 2 aromatic carbocycles. The van der Waals surface area contributed by atoms with Gasteiger partial charge in [0, 0.05) is 5.69 Å². The van der Waals surface area contributed by atoms with Crippen molar-refractivity contribution >= 4 is 17.5 Å². The summed E-state index contributed by atoms with van der Waals surface area (Å²) in [6, 6.07) is 15.3. The van der Waals surface area contributed by atoms with E-state index < -0.39 is 11.7 Å². The van der Waals surface area contributed by atoms with Crippen molar-refractivity contribution in [2.45, 2.75) is 59.7 Å². The molecular weight excluding hydrogens is 352 g/mol. The predicted octanol–water partition coefficient (Wildman–Crippen LogP) is 6.02. The first-order valence-electron chi connectivity index (χ1n) is 9.37. The molecule has 1 N–H and O–H groups in total. The Bertz CT molecular complexity index is 847. The molecule has 0 radical (unpaired) electrons. The molecule has 0 fully saturated rings. The van der Waals surface area contributed by atoms with Crippen LogP contribution in [0.5, 0.6) is 0 Å². The number of nitrogens with one attached hydrogen (secondary N) is 1. The molecule has 0 saturated carbocycles. The van der Waals surface area contributed by atoms with Gasteiger partial charge in [0.2, 0.25) is 0 Å². The second-order valence-corrected chi connectivity index (χ2v) is 8.35. The number of hydrogen-bond donors (Lipinski definition) is 1. The van der Waals surface area contributed by atoms with E-state index in [1.54, 1.807) is 0 Å². The lowest BCUT2D eigenvalue weighted by atomic mass is 9.95. The molecule has 0 aromatic heterocycles. The molecule has 0 spiro atoms. The summed E-state index contributed by atoms with van der Waals surface area (Å²) in [7, 11) is 0. The maximum absolute atomic E-state index is 12.3. The number of rotatable bonds is 5. The minimum Gasteiger partial charge on any atom is -0.438 e. The average Bonchev–Trinajstić information content (AvgIpc) is 2.60. The Labute approximate surface area is 167 Å². The molecule has 5 heteroatoms. The number of carbonyl (C=O) groups is 1. The van der Waals surface area contributed by atoms with E-state index in [2.05, 4.69) is 10.5 Å². The van der Waals surface area contributed by atoms with Crippen molar-refractivity contribution in [3.63, 3.8) is 0 Å².